The number of nitrogens with zero attached hydrogens (tertiary/aromatic N) is 2. The van der Waals surface area contributed by atoms with Crippen LogP contribution in [-0.4, -0.2) is 10.6 Å². The van der Waals surface area contributed by atoms with Gasteiger partial charge in [0.1, 0.15) is 22.3 Å². The smallest absolute Gasteiger partial charge is 0.135 e. The number of para-hydroxylation sites is 2. The highest BCUT2D eigenvalue weighted by molar-refractivity contribution is 6.11. The molecule has 2 unspecified atom stereocenters. The van der Waals surface area contributed by atoms with Crippen LogP contribution in [-0.2, 0) is 0 Å². The molecule has 274 valence electrons. The molecule has 58 heavy (non-hydrogen) atoms. The number of hydrogen-bond donors (Lipinski definition) is 0. The predicted octanol–water partition coefficient (Wildman–Crippen LogP) is 14.5. The van der Waals surface area contributed by atoms with Crippen molar-refractivity contribution < 1.29 is 8.83 Å². The van der Waals surface area contributed by atoms with Crippen molar-refractivity contribution in [3.8, 4) is 27.9 Å². The van der Waals surface area contributed by atoms with Crippen LogP contribution in [0.2, 0.25) is 0 Å². The summed E-state index contributed by atoms with van der Waals surface area (Å²) in [5, 5.41) is 7.01. The SMILES string of the molecule is C1=CC2C3=C(CCC=C3)N(c3ccc4oc5ccc(-c6cccc(-c7ccc8oc9ccc(-n%10c%11ccccc%11c%11ccccc%11%10)cc9c8c7)c6)cc5c4c3)C2C=C1. The first-order valence-electron chi connectivity index (χ1n) is 20.3. The van der Waals surface area contributed by atoms with Crippen LogP contribution in [0.4, 0.5) is 5.69 Å². The number of anilines is 1. The van der Waals surface area contributed by atoms with Crippen molar-refractivity contribution in [3.63, 3.8) is 0 Å². The highest BCUT2D eigenvalue weighted by Gasteiger charge is 2.39. The van der Waals surface area contributed by atoms with Gasteiger partial charge in [-0.15, -0.1) is 0 Å². The Kier molecular flexibility index (Phi) is 6.65. The summed E-state index contributed by atoms with van der Waals surface area (Å²) in [7, 11) is 0. The van der Waals surface area contributed by atoms with Crippen LogP contribution in [0, 0.1) is 5.92 Å². The Morgan fingerprint density at radius 2 is 1.02 bits per heavy atom. The molecule has 1 aliphatic heterocycles. The first-order valence-corrected chi connectivity index (χ1v) is 20.3. The van der Waals surface area contributed by atoms with Crippen LogP contribution < -0.4 is 4.90 Å². The third-order valence-corrected chi connectivity index (χ3v) is 12.8. The quantitative estimate of drug-likeness (QED) is 0.180. The van der Waals surface area contributed by atoms with Crippen molar-refractivity contribution in [1.82, 2.24) is 4.57 Å². The van der Waals surface area contributed by atoms with Gasteiger partial charge in [-0.25, -0.2) is 0 Å². The van der Waals surface area contributed by atoms with Gasteiger partial charge < -0.3 is 18.3 Å². The molecule has 0 radical (unpaired) electrons. The van der Waals surface area contributed by atoms with E-state index in [2.05, 4.69) is 192 Å². The van der Waals surface area contributed by atoms with E-state index in [1.807, 2.05) is 0 Å². The standard InChI is InChI=1S/C54H36N2O2/c1-5-16-47-39(12-1)40-13-2-6-17-48(40)55(47)37-22-26-53-45(31-37)43-29-35(20-24-51(43)57-53)33-10-9-11-34(28-33)36-21-25-52-44(30-36)46-32-38(23-27-54(46)58-52)56-49-18-7-3-14-41(49)42-15-4-8-19-50(42)56/h1-7,9-18,20-32,41,49H,8,19H2. The second-order valence-electron chi connectivity index (χ2n) is 15.9. The van der Waals surface area contributed by atoms with Gasteiger partial charge in [0.15, 0.2) is 0 Å². The fourth-order valence-electron chi connectivity index (χ4n) is 10.1. The highest BCUT2D eigenvalue weighted by Crippen LogP contribution is 2.46. The zero-order valence-corrected chi connectivity index (χ0v) is 31.6. The van der Waals surface area contributed by atoms with Crippen molar-refractivity contribution in [2.75, 3.05) is 4.90 Å². The second kappa shape index (κ2) is 12.1. The molecule has 7 aromatic carbocycles. The van der Waals surface area contributed by atoms with Crippen molar-refractivity contribution >= 4 is 71.4 Å². The van der Waals surface area contributed by atoms with Gasteiger partial charge in [-0.3, -0.25) is 0 Å². The molecular weight excluding hydrogens is 709 g/mol. The molecule has 10 aromatic rings. The molecular formula is C54H36N2O2. The third kappa shape index (κ3) is 4.63. The Morgan fingerprint density at radius 3 is 1.69 bits per heavy atom. The molecule has 4 heteroatoms. The first kappa shape index (κ1) is 31.9. The number of furan rings is 2. The van der Waals surface area contributed by atoms with Crippen molar-refractivity contribution in [2.24, 2.45) is 5.92 Å². The molecule has 4 heterocycles. The molecule has 3 aliphatic rings. The molecule has 13 rings (SSSR count). The fraction of sp³-hybridized carbons (Fsp3) is 0.0741. The summed E-state index contributed by atoms with van der Waals surface area (Å²) < 4.78 is 15.2. The predicted molar refractivity (Wildman–Crippen MR) is 240 cm³/mol. The Balaban J connectivity index is 0.886. The Morgan fingerprint density at radius 1 is 0.466 bits per heavy atom. The van der Waals surface area contributed by atoms with Gasteiger partial charge in [0.2, 0.25) is 0 Å². The molecule has 3 aromatic heterocycles. The van der Waals surface area contributed by atoms with Crippen LogP contribution in [0.5, 0.6) is 0 Å². The number of allylic oxidation sites excluding steroid dienone is 5. The molecule has 0 spiro atoms. The molecule has 0 fully saturated rings. The van der Waals surface area contributed by atoms with Crippen molar-refractivity contribution in [3.05, 3.63) is 193 Å². The Hall–Kier alpha value is -7.30. The highest BCUT2D eigenvalue weighted by atomic mass is 16.3. The molecule has 0 N–H and O–H groups in total. The van der Waals surface area contributed by atoms with Crippen LogP contribution in [0.1, 0.15) is 12.8 Å². The largest absolute Gasteiger partial charge is 0.456 e. The van der Waals surface area contributed by atoms with E-state index in [-0.39, 0.29) is 0 Å². The second-order valence-corrected chi connectivity index (χ2v) is 15.9. The van der Waals surface area contributed by atoms with Crippen molar-refractivity contribution in [1.29, 1.82) is 0 Å². The van der Waals surface area contributed by atoms with Crippen LogP contribution >= 0.6 is 0 Å². The number of aromatic nitrogens is 1. The molecule has 0 bridgehead atoms. The van der Waals surface area contributed by atoms with Gasteiger partial charge in [0.05, 0.1) is 17.1 Å². The molecule has 2 atom stereocenters. The van der Waals surface area contributed by atoms with Gasteiger partial charge in [-0.05, 0) is 120 Å². The Labute approximate surface area is 334 Å². The van der Waals surface area contributed by atoms with Gasteiger partial charge in [-0.1, -0.05) is 103 Å². The van der Waals surface area contributed by atoms with Gasteiger partial charge in [0, 0.05) is 55.3 Å². The van der Waals surface area contributed by atoms with Crippen LogP contribution in [0.25, 0.3) is 93.6 Å². The lowest BCUT2D eigenvalue weighted by Crippen LogP contribution is -2.32. The number of benzene rings is 7. The van der Waals surface area contributed by atoms with Gasteiger partial charge >= 0.3 is 0 Å². The monoisotopic (exact) mass is 744 g/mol. The van der Waals surface area contributed by atoms with E-state index < -0.39 is 0 Å². The number of hydrogen-bond acceptors (Lipinski definition) is 3. The lowest BCUT2D eigenvalue weighted by atomic mass is 9.88. The molecule has 0 saturated carbocycles. The minimum Gasteiger partial charge on any atom is -0.456 e. The summed E-state index contributed by atoms with van der Waals surface area (Å²) in [5.74, 6) is 0.393. The summed E-state index contributed by atoms with van der Waals surface area (Å²) in [4.78, 5) is 2.57. The van der Waals surface area contributed by atoms with E-state index in [4.69, 9.17) is 8.83 Å². The summed E-state index contributed by atoms with van der Waals surface area (Å²) in [5.41, 5.74) is 15.9. The molecule has 4 nitrogen and oxygen atoms in total. The van der Waals surface area contributed by atoms with Crippen molar-refractivity contribution in [2.45, 2.75) is 18.9 Å². The summed E-state index contributed by atoms with van der Waals surface area (Å²) in [6, 6.07) is 53.0. The molecule has 0 amide bonds. The summed E-state index contributed by atoms with van der Waals surface area (Å²) in [6.45, 7) is 0. The normalized spacial score (nSPS) is 17.6. The van der Waals surface area contributed by atoms with E-state index >= 15 is 0 Å². The number of fused-ring (bicyclic) bond motifs is 11. The minimum absolute atomic E-state index is 0.299. The zero-order valence-electron chi connectivity index (χ0n) is 31.6. The summed E-state index contributed by atoms with van der Waals surface area (Å²) >= 11 is 0. The van der Waals surface area contributed by atoms with E-state index in [1.165, 1.54) is 44.3 Å². The van der Waals surface area contributed by atoms with Crippen LogP contribution in [0.3, 0.4) is 0 Å². The average Bonchev–Trinajstić information content (AvgIpc) is 4.03. The topological polar surface area (TPSA) is 34.5 Å². The van der Waals surface area contributed by atoms with E-state index in [0.29, 0.717) is 12.0 Å². The Bertz CT molecular complexity index is 3440. The van der Waals surface area contributed by atoms with E-state index in [1.54, 1.807) is 0 Å². The zero-order chi connectivity index (χ0) is 37.9. The fourth-order valence-corrected chi connectivity index (χ4v) is 10.1. The third-order valence-electron chi connectivity index (χ3n) is 12.8. The molecule has 2 aliphatic carbocycles. The summed E-state index contributed by atoms with van der Waals surface area (Å²) in [6.07, 6.45) is 15.9. The van der Waals surface area contributed by atoms with Crippen LogP contribution in [0.15, 0.2) is 202 Å². The number of rotatable bonds is 4. The first-order chi connectivity index (χ1) is 28.7. The van der Waals surface area contributed by atoms with Gasteiger partial charge in [0.25, 0.3) is 0 Å². The molecule has 0 saturated heterocycles. The van der Waals surface area contributed by atoms with E-state index in [0.717, 1.165) is 79.1 Å². The maximum atomic E-state index is 6.43. The maximum Gasteiger partial charge on any atom is 0.135 e. The lowest BCUT2D eigenvalue weighted by molar-refractivity contribution is 0.667. The average molecular weight is 745 g/mol. The lowest BCUT2D eigenvalue weighted by Gasteiger charge is -2.31. The van der Waals surface area contributed by atoms with Gasteiger partial charge in [-0.2, -0.15) is 0 Å². The maximum absolute atomic E-state index is 6.43. The minimum atomic E-state index is 0.299. The van der Waals surface area contributed by atoms with E-state index in [9.17, 15) is 0 Å².